The molecule has 3 aromatic rings. The summed E-state index contributed by atoms with van der Waals surface area (Å²) in [6.45, 7) is 0. The molecule has 11 heteroatoms. The largest absolute Gasteiger partial charge is 0.506 e. The summed E-state index contributed by atoms with van der Waals surface area (Å²) in [5.74, 6) is -0.230. The van der Waals surface area contributed by atoms with Crippen LogP contribution in [-0.4, -0.2) is 18.5 Å². The first kappa shape index (κ1) is 21.5. The highest BCUT2D eigenvalue weighted by Gasteiger charge is 2.18. The number of benzene rings is 2. The van der Waals surface area contributed by atoms with E-state index < -0.39 is 10.0 Å². The topological polar surface area (TPSA) is 79.3 Å². The molecule has 0 fully saturated rings. The van der Waals surface area contributed by atoms with E-state index in [0.29, 0.717) is 24.4 Å². The number of nitrogens with zero attached hydrogens (tertiary/aromatic N) is 1. The first-order valence-corrected chi connectivity index (χ1v) is 11.7. The molecule has 28 heavy (non-hydrogen) atoms. The van der Waals surface area contributed by atoms with Gasteiger partial charge in [0.25, 0.3) is 10.0 Å². The van der Waals surface area contributed by atoms with E-state index in [1.807, 2.05) is 0 Å². The molecule has 0 aliphatic carbocycles. The van der Waals surface area contributed by atoms with E-state index in [2.05, 4.69) is 25.6 Å². The molecule has 0 unspecified atom stereocenters. The second-order valence-electron chi connectivity index (χ2n) is 5.38. The van der Waals surface area contributed by atoms with E-state index >= 15 is 0 Å². The van der Waals surface area contributed by atoms with Gasteiger partial charge in [-0.05, 0) is 46.3 Å². The molecule has 0 saturated heterocycles. The molecule has 0 bridgehead atoms. The Balaban J connectivity index is 1.86. The van der Waals surface area contributed by atoms with E-state index in [1.54, 1.807) is 18.2 Å². The Morgan fingerprint density at radius 2 is 1.82 bits per heavy atom. The number of anilines is 1. The summed E-state index contributed by atoms with van der Waals surface area (Å²) in [7, 11) is -3.92. The average Bonchev–Trinajstić information content (AvgIpc) is 2.63. The number of phenols is 1. The van der Waals surface area contributed by atoms with Gasteiger partial charge in [-0.1, -0.05) is 52.6 Å². The van der Waals surface area contributed by atoms with Gasteiger partial charge in [-0.25, -0.2) is 13.4 Å². The van der Waals surface area contributed by atoms with E-state index in [-0.39, 0.29) is 21.4 Å². The van der Waals surface area contributed by atoms with Crippen molar-refractivity contribution < 1.29 is 13.5 Å². The molecule has 0 atom stereocenters. The van der Waals surface area contributed by atoms with E-state index in [1.165, 1.54) is 42.2 Å². The maximum Gasteiger partial charge on any atom is 0.263 e. The minimum absolute atomic E-state index is 0.0599. The Labute approximate surface area is 189 Å². The van der Waals surface area contributed by atoms with Gasteiger partial charge in [0.1, 0.15) is 15.7 Å². The fraction of sp³-hybridized carbons (Fsp3) is 0. The van der Waals surface area contributed by atoms with Crippen LogP contribution in [0, 0.1) is 0 Å². The van der Waals surface area contributed by atoms with Crippen molar-refractivity contribution in [3.05, 3.63) is 68.2 Å². The van der Waals surface area contributed by atoms with Gasteiger partial charge in [-0.15, -0.1) is 0 Å². The maximum atomic E-state index is 12.6. The quantitative estimate of drug-likeness (QED) is 0.388. The number of rotatable bonds is 5. The maximum absolute atomic E-state index is 12.6. The molecular formula is C17H10BrCl3N2O3S2. The first-order valence-electron chi connectivity index (χ1n) is 7.46. The fourth-order valence-corrected chi connectivity index (χ4v) is 5.26. The zero-order chi connectivity index (χ0) is 20.5. The van der Waals surface area contributed by atoms with Crippen LogP contribution in [0.25, 0.3) is 0 Å². The second-order valence-corrected chi connectivity index (χ2v) is 10.1. The summed E-state index contributed by atoms with van der Waals surface area (Å²) in [6, 6.07) is 10.7. The summed E-state index contributed by atoms with van der Waals surface area (Å²) in [6.07, 6.45) is 1.23. The Kier molecular flexibility index (Phi) is 6.69. The number of sulfonamides is 1. The minimum Gasteiger partial charge on any atom is -0.506 e. The summed E-state index contributed by atoms with van der Waals surface area (Å²) in [5.41, 5.74) is 0.169. The van der Waals surface area contributed by atoms with Crippen molar-refractivity contribution in [1.82, 2.24) is 4.98 Å². The summed E-state index contributed by atoms with van der Waals surface area (Å²) in [5, 5.41) is 11.1. The molecule has 5 nitrogen and oxygen atoms in total. The van der Waals surface area contributed by atoms with Gasteiger partial charge in [-0.3, -0.25) is 4.72 Å². The normalized spacial score (nSPS) is 11.4. The average molecular weight is 541 g/mol. The zero-order valence-corrected chi connectivity index (χ0v) is 19.1. The summed E-state index contributed by atoms with van der Waals surface area (Å²) >= 11 is 22.5. The lowest BCUT2D eigenvalue weighted by atomic mass is 10.3. The van der Waals surface area contributed by atoms with Crippen LogP contribution in [0.1, 0.15) is 0 Å². The van der Waals surface area contributed by atoms with Crippen LogP contribution >= 0.6 is 62.5 Å². The third kappa shape index (κ3) is 4.87. The number of hydrogen-bond acceptors (Lipinski definition) is 5. The van der Waals surface area contributed by atoms with Crippen LogP contribution in [0.4, 0.5) is 5.69 Å². The Bertz CT molecular complexity index is 1160. The molecule has 0 saturated carbocycles. The van der Waals surface area contributed by atoms with Gasteiger partial charge in [0.15, 0.2) is 0 Å². The highest BCUT2D eigenvalue weighted by Crippen LogP contribution is 2.39. The van der Waals surface area contributed by atoms with Crippen molar-refractivity contribution in [2.24, 2.45) is 0 Å². The summed E-state index contributed by atoms with van der Waals surface area (Å²) in [4.78, 5) is 4.84. The van der Waals surface area contributed by atoms with Crippen molar-refractivity contribution in [2.45, 2.75) is 14.8 Å². The lowest BCUT2D eigenvalue weighted by molar-refractivity contribution is 0.476. The molecule has 3 rings (SSSR count). The molecule has 146 valence electrons. The van der Waals surface area contributed by atoms with Crippen LogP contribution in [-0.2, 0) is 10.0 Å². The molecule has 1 aromatic heterocycles. The van der Waals surface area contributed by atoms with Gasteiger partial charge < -0.3 is 5.11 Å². The van der Waals surface area contributed by atoms with Gasteiger partial charge in [0, 0.05) is 17.2 Å². The van der Waals surface area contributed by atoms with Crippen molar-refractivity contribution in [3.63, 3.8) is 0 Å². The van der Waals surface area contributed by atoms with Crippen LogP contribution in [0.3, 0.4) is 0 Å². The third-order valence-corrected chi connectivity index (χ3v) is 7.96. The number of nitrogens with one attached hydrogen (secondary N) is 1. The fourth-order valence-electron chi connectivity index (χ4n) is 2.09. The van der Waals surface area contributed by atoms with Gasteiger partial charge in [0.05, 0.1) is 25.2 Å². The zero-order valence-electron chi connectivity index (χ0n) is 13.7. The lowest BCUT2D eigenvalue weighted by Gasteiger charge is -2.11. The number of hydrogen-bond donors (Lipinski definition) is 2. The molecule has 0 amide bonds. The molecule has 0 aliphatic rings. The highest BCUT2D eigenvalue weighted by molar-refractivity contribution is 9.10. The molecule has 0 radical (unpaired) electrons. The third-order valence-electron chi connectivity index (χ3n) is 3.41. The predicted octanol–water partition coefficient (Wildman–Crippen LogP) is 6.46. The number of phenolic OH excluding ortho intramolecular Hbond substituents is 1. The van der Waals surface area contributed by atoms with Crippen LogP contribution in [0.2, 0.25) is 15.1 Å². The minimum atomic E-state index is -3.92. The summed E-state index contributed by atoms with van der Waals surface area (Å²) < 4.78 is 28.0. The monoisotopic (exact) mass is 538 g/mol. The van der Waals surface area contributed by atoms with Crippen molar-refractivity contribution in [3.8, 4) is 5.75 Å². The van der Waals surface area contributed by atoms with Gasteiger partial charge in [-0.2, -0.15) is 0 Å². The second kappa shape index (κ2) is 8.69. The van der Waals surface area contributed by atoms with Crippen LogP contribution < -0.4 is 4.72 Å². The number of aromatic nitrogens is 1. The molecule has 2 N–H and O–H groups in total. The Morgan fingerprint density at radius 3 is 2.50 bits per heavy atom. The van der Waals surface area contributed by atoms with Gasteiger partial charge in [0.2, 0.25) is 0 Å². The van der Waals surface area contributed by atoms with Crippen molar-refractivity contribution >= 4 is 78.2 Å². The number of halogens is 4. The SMILES string of the molecule is O=S(=O)(Nc1ccc(Cl)c(O)c1)c1cnc(Sc2cccc(Cl)c2Cl)c(Br)c1. The van der Waals surface area contributed by atoms with Crippen molar-refractivity contribution in [2.75, 3.05) is 4.72 Å². The van der Waals surface area contributed by atoms with Crippen LogP contribution in [0.15, 0.2) is 68.0 Å². The molecule has 0 aliphatic heterocycles. The molecule has 2 aromatic carbocycles. The first-order chi connectivity index (χ1) is 13.2. The van der Waals surface area contributed by atoms with Crippen LogP contribution in [0.5, 0.6) is 5.75 Å². The Morgan fingerprint density at radius 1 is 1.07 bits per heavy atom. The standard InChI is InChI=1S/C17H10BrCl3N2O3S2/c18-11-7-10(28(25,26)23-9-4-5-12(19)14(24)6-9)8-22-17(11)27-15-3-1-2-13(20)16(15)21/h1-8,23-24H. The van der Waals surface area contributed by atoms with E-state index in [9.17, 15) is 13.5 Å². The smallest absolute Gasteiger partial charge is 0.263 e. The molecule has 1 heterocycles. The lowest BCUT2D eigenvalue weighted by Crippen LogP contribution is -2.13. The van der Waals surface area contributed by atoms with Gasteiger partial charge >= 0.3 is 0 Å². The Hall–Kier alpha value is -1.16. The highest BCUT2D eigenvalue weighted by atomic mass is 79.9. The molecule has 0 spiro atoms. The number of pyridine rings is 1. The van der Waals surface area contributed by atoms with Crippen molar-refractivity contribution in [1.29, 1.82) is 0 Å². The van der Waals surface area contributed by atoms with E-state index in [4.69, 9.17) is 34.8 Å². The number of aromatic hydroxyl groups is 1. The van der Waals surface area contributed by atoms with E-state index in [0.717, 1.165) is 0 Å². The predicted molar refractivity (Wildman–Crippen MR) is 116 cm³/mol. The molecular weight excluding hydrogens is 531 g/mol.